The molecule has 0 aromatic heterocycles. The molecule has 4 aliphatic rings. The van der Waals surface area contributed by atoms with E-state index in [2.05, 4.69) is 20.8 Å². The summed E-state index contributed by atoms with van der Waals surface area (Å²) in [5.41, 5.74) is -0.317. The molecule has 11 atom stereocenters. The first kappa shape index (κ1) is 28.3. The Morgan fingerprint density at radius 3 is 2.35 bits per heavy atom. The van der Waals surface area contributed by atoms with E-state index in [-0.39, 0.29) is 65.3 Å². The van der Waals surface area contributed by atoms with Gasteiger partial charge in [-0.3, -0.25) is 14.4 Å². The van der Waals surface area contributed by atoms with E-state index >= 15 is 0 Å². The summed E-state index contributed by atoms with van der Waals surface area (Å²) in [5.74, 6) is -0.289. The summed E-state index contributed by atoms with van der Waals surface area (Å²) in [5, 5.41) is 32.1. The number of aliphatic hydroxyl groups is 2. The topological polar surface area (TPSA) is 130 Å². The molecule has 0 saturated heterocycles. The highest BCUT2D eigenvalue weighted by molar-refractivity contribution is 5.76. The third-order valence-corrected chi connectivity index (χ3v) is 11.4. The summed E-state index contributed by atoms with van der Waals surface area (Å²) in [6.07, 6.45) is 5.26. The van der Waals surface area contributed by atoms with Gasteiger partial charge in [-0.15, -0.1) is 0 Å². The van der Waals surface area contributed by atoms with Crippen LogP contribution in [-0.2, 0) is 23.9 Å². The van der Waals surface area contributed by atoms with Crippen molar-refractivity contribution in [3.05, 3.63) is 0 Å². The molecule has 4 rings (SSSR count). The Labute approximate surface area is 220 Å². The fourth-order valence-electron chi connectivity index (χ4n) is 9.32. The molecule has 4 aliphatic carbocycles. The second-order valence-electron chi connectivity index (χ2n) is 13.0. The van der Waals surface area contributed by atoms with Gasteiger partial charge in [0.25, 0.3) is 0 Å². The summed E-state index contributed by atoms with van der Waals surface area (Å²) in [6, 6.07) is 0. The van der Waals surface area contributed by atoms with Gasteiger partial charge in [0.2, 0.25) is 0 Å². The third-order valence-electron chi connectivity index (χ3n) is 11.4. The number of hydrogen-bond acceptors (Lipinski definition) is 7. The molecule has 0 heterocycles. The Bertz CT molecular complexity index is 874. The van der Waals surface area contributed by atoms with Crippen molar-refractivity contribution in [3.8, 4) is 0 Å². The van der Waals surface area contributed by atoms with Gasteiger partial charge in [0.15, 0.2) is 0 Å². The number of carbonyl (C=O) groups excluding carboxylic acids is 2. The van der Waals surface area contributed by atoms with E-state index < -0.39 is 24.1 Å². The molecular formula is C29H46O8. The van der Waals surface area contributed by atoms with Crippen molar-refractivity contribution in [2.45, 2.75) is 110 Å². The molecule has 0 spiro atoms. The van der Waals surface area contributed by atoms with Crippen LogP contribution in [0.5, 0.6) is 0 Å². The molecule has 210 valence electrons. The highest BCUT2D eigenvalue weighted by atomic mass is 16.5. The minimum absolute atomic E-state index is 0.0369. The minimum atomic E-state index is -1.01. The Morgan fingerprint density at radius 2 is 1.68 bits per heavy atom. The standard InChI is InChI=1S/C29H46O8/c1-16(5-9-25(34)36-4)19-6-7-20-27-21(15-23(31)29(19,20)3)28(2)12-11-18(13-17(28)14-22(27)30)37-26(35)10-8-24(32)33/h16-23,27,30-31H,5-15H2,1-4H3,(H,32,33). The van der Waals surface area contributed by atoms with Gasteiger partial charge in [0, 0.05) is 6.42 Å². The molecule has 4 saturated carbocycles. The minimum Gasteiger partial charge on any atom is -0.481 e. The Kier molecular flexibility index (Phi) is 8.30. The normalized spacial score (nSPS) is 43.6. The highest BCUT2D eigenvalue weighted by Gasteiger charge is 2.65. The molecule has 0 bridgehead atoms. The first-order valence-corrected chi connectivity index (χ1v) is 14.3. The fraction of sp³-hybridized carbons (Fsp3) is 0.897. The van der Waals surface area contributed by atoms with Gasteiger partial charge < -0.3 is 24.8 Å². The summed E-state index contributed by atoms with van der Waals surface area (Å²) in [4.78, 5) is 34.7. The van der Waals surface area contributed by atoms with E-state index in [9.17, 15) is 24.6 Å². The van der Waals surface area contributed by atoms with E-state index in [0.717, 1.165) is 32.1 Å². The molecule has 3 N–H and O–H groups in total. The van der Waals surface area contributed by atoms with Crippen LogP contribution >= 0.6 is 0 Å². The predicted molar refractivity (Wildman–Crippen MR) is 135 cm³/mol. The molecule has 0 amide bonds. The monoisotopic (exact) mass is 522 g/mol. The van der Waals surface area contributed by atoms with E-state index in [1.165, 1.54) is 7.11 Å². The van der Waals surface area contributed by atoms with E-state index in [0.29, 0.717) is 31.6 Å². The molecule has 37 heavy (non-hydrogen) atoms. The molecule has 0 aromatic carbocycles. The number of rotatable bonds is 8. The Morgan fingerprint density at radius 1 is 0.946 bits per heavy atom. The number of carbonyl (C=O) groups is 3. The van der Waals surface area contributed by atoms with Crippen molar-refractivity contribution in [2.24, 2.45) is 46.3 Å². The maximum Gasteiger partial charge on any atom is 0.306 e. The molecule has 4 fully saturated rings. The average Bonchev–Trinajstić information content (AvgIpc) is 3.21. The Hall–Kier alpha value is -1.67. The maximum atomic E-state index is 12.1. The molecule has 0 aliphatic heterocycles. The number of aliphatic carboxylic acids is 1. The zero-order valence-electron chi connectivity index (χ0n) is 22.9. The predicted octanol–water partition coefficient (Wildman–Crippen LogP) is 3.95. The second-order valence-corrected chi connectivity index (χ2v) is 13.0. The SMILES string of the molecule is COC(=O)CCC(C)C1CCC2C3C(O)CC4CC(OC(=O)CCC(=O)O)CCC4(C)C3CC(O)C12C. The quantitative estimate of drug-likeness (QED) is 0.409. The number of esters is 2. The first-order valence-electron chi connectivity index (χ1n) is 14.3. The van der Waals surface area contributed by atoms with E-state index in [1.54, 1.807) is 0 Å². The van der Waals surface area contributed by atoms with Crippen LogP contribution in [0.2, 0.25) is 0 Å². The van der Waals surface area contributed by atoms with Gasteiger partial charge in [-0.25, -0.2) is 0 Å². The van der Waals surface area contributed by atoms with Gasteiger partial charge in [0.1, 0.15) is 6.10 Å². The van der Waals surface area contributed by atoms with Crippen molar-refractivity contribution < 1.29 is 39.2 Å². The van der Waals surface area contributed by atoms with Crippen LogP contribution in [-0.4, -0.2) is 58.6 Å². The summed E-state index contributed by atoms with van der Waals surface area (Å²) in [7, 11) is 1.42. The smallest absolute Gasteiger partial charge is 0.306 e. The number of fused-ring (bicyclic) bond motifs is 5. The first-order chi connectivity index (χ1) is 17.4. The lowest BCUT2D eigenvalue weighted by molar-refractivity contribution is -0.209. The van der Waals surface area contributed by atoms with E-state index in [1.807, 2.05) is 0 Å². The number of carboxylic acid groups (broad SMARTS) is 1. The van der Waals surface area contributed by atoms with Crippen LogP contribution in [0.1, 0.15) is 91.4 Å². The van der Waals surface area contributed by atoms with E-state index in [4.69, 9.17) is 14.6 Å². The number of hydrogen-bond donors (Lipinski definition) is 3. The molecule has 11 unspecified atom stereocenters. The summed E-state index contributed by atoms with van der Waals surface area (Å²) >= 11 is 0. The van der Waals surface area contributed by atoms with Gasteiger partial charge in [-0.05, 0) is 97.7 Å². The van der Waals surface area contributed by atoms with Crippen LogP contribution in [0, 0.1) is 46.3 Å². The fourth-order valence-corrected chi connectivity index (χ4v) is 9.32. The van der Waals surface area contributed by atoms with Crippen molar-refractivity contribution >= 4 is 17.9 Å². The largest absolute Gasteiger partial charge is 0.481 e. The number of carboxylic acids is 1. The number of aliphatic hydroxyl groups excluding tert-OH is 2. The molecular weight excluding hydrogens is 476 g/mol. The van der Waals surface area contributed by atoms with Gasteiger partial charge in [0.05, 0.1) is 32.2 Å². The molecule has 8 nitrogen and oxygen atoms in total. The van der Waals surface area contributed by atoms with Crippen LogP contribution in [0.4, 0.5) is 0 Å². The average molecular weight is 523 g/mol. The number of ether oxygens (including phenoxy) is 2. The third kappa shape index (κ3) is 5.17. The molecule has 0 radical (unpaired) electrons. The summed E-state index contributed by atoms with van der Waals surface area (Å²) in [6.45, 7) is 6.72. The van der Waals surface area contributed by atoms with Crippen molar-refractivity contribution in [3.63, 3.8) is 0 Å². The van der Waals surface area contributed by atoms with Crippen molar-refractivity contribution in [1.29, 1.82) is 0 Å². The van der Waals surface area contributed by atoms with Crippen LogP contribution < -0.4 is 0 Å². The lowest BCUT2D eigenvalue weighted by Crippen LogP contribution is -2.62. The molecule has 8 heteroatoms. The van der Waals surface area contributed by atoms with Crippen LogP contribution in [0.25, 0.3) is 0 Å². The van der Waals surface area contributed by atoms with Crippen LogP contribution in [0.15, 0.2) is 0 Å². The van der Waals surface area contributed by atoms with Gasteiger partial charge >= 0.3 is 17.9 Å². The lowest BCUT2D eigenvalue weighted by Gasteiger charge is -2.63. The lowest BCUT2D eigenvalue weighted by atomic mass is 9.43. The second kappa shape index (κ2) is 10.8. The Balaban J connectivity index is 1.47. The zero-order valence-corrected chi connectivity index (χ0v) is 22.9. The number of methoxy groups -OCH3 is 1. The van der Waals surface area contributed by atoms with Crippen molar-refractivity contribution in [1.82, 2.24) is 0 Å². The zero-order chi connectivity index (χ0) is 27.1. The summed E-state index contributed by atoms with van der Waals surface area (Å²) < 4.78 is 10.5. The van der Waals surface area contributed by atoms with Gasteiger partial charge in [-0.1, -0.05) is 20.8 Å². The molecule has 0 aromatic rings. The maximum absolute atomic E-state index is 12.1. The highest BCUT2D eigenvalue weighted by Crippen LogP contribution is 2.68. The van der Waals surface area contributed by atoms with Gasteiger partial charge in [-0.2, -0.15) is 0 Å². The van der Waals surface area contributed by atoms with Crippen LogP contribution in [0.3, 0.4) is 0 Å². The van der Waals surface area contributed by atoms with Crippen molar-refractivity contribution in [2.75, 3.05) is 7.11 Å².